The lowest BCUT2D eigenvalue weighted by Crippen LogP contribution is -2.12. The molecule has 1 aromatic rings. The van der Waals surface area contributed by atoms with E-state index in [9.17, 15) is 4.79 Å². The highest BCUT2D eigenvalue weighted by Crippen LogP contribution is 2.23. The quantitative estimate of drug-likeness (QED) is 0.571. The van der Waals surface area contributed by atoms with Gasteiger partial charge in [-0.2, -0.15) is 0 Å². The molecule has 3 heteroatoms. The summed E-state index contributed by atoms with van der Waals surface area (Å²) in [6.45, 7) is 4.77. The Morgan fingerprint density at radius 2 is 1.67 bits per heavy atom. The Morgan fingerprint density at radius 3 is 2.38 bits per heavy atom. The summed E-state index contributed by atoms with van der Waals surface area (Å²) < 4.78 is 5.50. The van der Waals surface area contributed by atoms with Crippen molar-refractivity contribution < 1.29 is 9.53 Å². The molecule has 1 rings (SSSR count). The molecule has 0 unspecified atom stereocenters. The third-order valence-corrected chi connectivity index (χ3v) is 3.47. The summed E-state index contributed by atoms with van der Waals surface area (Å²) in [5.41, 5.74) is 0.771. The Morgan fingerprint density at radius 1 is 1.00 bits per heavy atom. The predicted octanol–water partition coefficient (Wildman–Crippen LogP) is 5.16. The minimum absolute atomic E-state index is 0.0794. The first-order valence-corrected chi connectivity index (χ1v) is 8.29. The number of unbranched alkanes of at least 4 members (excludes halogenated alkanes) is 6. The number of amides is 1. The number of rotatable bonds is 11. The van der Waals surface area contributed by atoms with Gasteiger partial charge < -0.3 is 10.1 Å². The SMILES string of the molecule is CCCCCCCCCC(=O)Nc1ccccc1OCC. The summed E-state index contributed by atoms with van der Waals surface area (Å²) in [6, 6.07) is 7.59. The number of carbonyl (C=O) groups excluding carboxylic acids is 1. The Bertz CT molecular complexity index is 404. The van der Waals surface area contributed by atoms with Crippen molar-refractivity contribution in [1.82, 2.24) is 0 Å². The normalized spacial score (nSPS) is 10.4. The number of hydrogen-bond acceptors (Lipinski definition) is 2. The van der Waals surface area contributed by atoms with Crippen molar-refractivity contribution in [2.45, 2.75) is 65.2 Å². The first-order chi connectivity index (χ1) is 10.3. The lowest BCUT2D eigenvalue weighted by molar-refractivity contribution is -0.116. The first-order valence-electron chi connectivity index (χ1n) is 8.29. The fourth-order valence-electron chi connectivity index (χ4n) is 2.31. The highest BCUT2D eigenvalue weighted by atomic mass is 16.5. The van der Waals surface area contributed by atoms with Crippen LogP contribution in [-0.4, -0.2) is 12.5 Å². The standard InChI is InChI=1S/C18H29NO2/c1-3-5-6-7-8-9-10-15-18(20)19-16-13-11-12-14-17(16)21-4-2/h11-14H,3-10,15H2,1-2H3,(H,19,20). The van der Waals surface area contributed by atoms with E-state index in [1.54, 1.807) is 0 Å². The van der Waals surface area contributed by atoms with Gasteiger partial charge in [-0.05, 0) is 25.5 Å². The van der Waals surface area contributed by atoms with Gasteiger partial charge >= 0.3 is 0 Å². The van der Waals surface area contributed by atoms with Crippen molar-refractivity contribution in [2.24, 2.45) is 0 Å². The first kappa shape index (κ1) is 17.5. The molecule has 3 nitrogen and oxygen atoms in total. The van der Waals surface area contributed by atoms with Crippen LogP contribution in [0, 0.1) is 0 Å². The van der Waals surface area contributed by atoms with Crippen LogP contribution in [0.5, 0.6) is 5.75 Å². The number of hydrogen-bond donors (Lipinski definition) is 1. The molecule has 21 heavy (non-hydrogen) atoms. The molecule has 0 radical (unpaired) electrons. The molecule has 0 aliphatic rings. The molecule has 0 aromatic heterocycles. The molecule has 1 amide bonds. The number of ether oxygens (including phenoxy) is 1. The Hall–Kier alpha value is -1.51. The average Bonchev–Trinajstić information content (AvgIpc) is 2.48. The lowest BCUT2D eigenvalue weighted by Gasteiger charge is -2.11. The zero-order valence-corrected chi connectivity index (χ0v) is 13.5. The van der Waals surface area contributed by atoms with Crippen LogP contribution in [0.2, 0.25) is 0 Å². The molecule has 0 aliphatic heterocycles. The van der Waals surface area contributed by atoms with Gasteiger partial charge in [-0.1, -0.05) is 57.6 Å². The number of anilines is 1. The van der Waals surface area contributed by atoms with E-state index in [2.05, 4.69) is 12.2 Å². The van der Waals surface area contributed by atoms with E-state index in [0.29, 0.717) is 13.0 Å². The molecule has 0 spiro atoms. The number of benzene rings is 1. The van der Waals surface area contributed by atoms with E-state index in [1.807, 2.05) is 31.2 Å². The third-order valence-electron chi connectivity index (χ3n) is 3.47. The van der Waals surface area contributed by atoms with E-state index < -0.39 is 0 Å². The predicted molar refractivity (Wildman–Crippen MR) is 88.9 cm³/mol. The second kappa shape index (κ2) is 11.2. The van der Waals surface area contributed by atoms with E-state index in [0.717, 1.165) is 24.3 Å². The summed E-state index contributed by atoms with van der Waals surface area (Å²) in [5, 5.41) is 2.94. The zero-order chi connectivity index (χ0) is 15.3. The fourth-order valence-corrected chi connectivity index (χ4v) is 2.31. The van der Waals surface area contributed by atoms with Gasteiger partial charge in [-0.15, -0.1) is 0 Å². The lowest BCUT2D eigenvalue weighted by atomic mass is 10.1. The summed E-state index contributed by atoms with van der Waals surface area (Å²) in [6.07, 6.45) is 9.17. The van der Waals surface area contributed by atoms with Crippen LogP contribution in [0.4, 0.5) is 5.69 Å². The van der Waals surface area contributed by atoms with Gasteiger partial charge in [0, 0.05) is 6.42 Å². The highest BCUT2D eigenvalue weighted by molar-refractivity contribution is 5.92. The third kappa shape index (κ3) is 7.74. The van der Waals surface area contributed by atoms with Crippen molar-refractivity contribution in [3.8, 4) is 5.75 Å². The minimum Gasteiger partial charge on any atom is -0.492 e. The monoisotopic (exact) mass is 291 g/mol. The molecule has 0 bridgehead atoms. The van der Waals surface area contributed by atoms with Gasteiger partial charge in [0.25, 0.3) is 0 Å². The number of nitrogens with one attached hydrogen (secondary N) is 1. The van der Waals surface area contributed by atoms with Gasteiger partial charge in [0.1, 0.15) is 5.75 Å². The topological polar surface area (TPSA) is 38.3 Å². The molecule has 0 saturated heterocycles. The van der Waals surface area contributed by atoms with Crippen LogP contribution in [0.1, 0.15) is 65.2 Å². The van der Waals surface area contributed by atoms with Crippen molar-refractivity contribution >= 4 is 11.6 Å². The summed E-state index contributed by atoms with van der Waals surface area (Å²) in [5.74, 6) is 0.823. The molecule has 0 aliphatic carbocycles. The molecular weight excluding hydrogens is 262 g/mol. The highest BCUT2D eigenvalue weighted by Gasteiger charge is 2.06. The smallest absolute Gasteiger partial charge is 0.224 e. The van der Waals surface area contributed by atoms with Gasteiger partial charge in [0.2, 0.25) is 5.91 Å². The van der Waals surface area contributed by atoms with Gasteiger partial charge in [0.05, 0.1) is 12.3 Å². The number of para-hydroxylation sites is 2. The Kier molecular flexibility index (Phi) is 9.34. The fraction of sp³-hybridized carbons (Fsp3) is 0.611. The molecule has 0 fully saturated rings. The summed E-state index contributed by atoms with van der Waals surface area (Å²) >= 11 is 0. The van der Waals surface area contributed by atoms with Crippen molar-refractivity contribution in [1.29, 1.82) is 0 Å². The maximum absolute atomic E-state index is 11.9. The maximum atomic E-state index is 11.9. The van der Waals surface area contributed by atoms with Gasteiger partial charge in [-0.3, -0.25) is 4.79 Å². The molecule has 1 aromatic carbocycles. The number of carbonyl (C=O) groups is 1. The van der Waals surface area contributed by atoms with Crippen molar-refractivity contribution in [2.75, 3.05) is 11.9 Å². The Labute approximate surface area is 129 Å². The van der Waals surface area contributed by atoms with E-state index >= 15 is 0 Å². The van der Waals surface area contributed by atoms with Crippen molar-refractivity contribution in [3.63, 3.8) is 0 Å². The molecular formula is C18H29NO2. The van der Waals surface area contributed by atoms with E-state index in [4.69, 9.17) is 4.74 Å². The summed E-state index contributed by atoms with van der Waals surface area (Å²) in [4.78, 5) is 11.9. The average molecular weight is 291 g/mol. The second-order valence-corrected chi connectivity index (χ2v) is 5.35. The summed E-state index contributed by atoms with van der Waals surface area (Å²) in [7, 11) is 0. The molecule has 0 atom stereocenters. The maximum Gasteiger partial charge on any atom is 0.224 e. The van der Waals surface area contributed by atoms with Crippen LogP contribution >= 0.6 is 0 Å². The van der Waals surface area contributed by atoms with E-state index in [-0.39, 0.29) is 5.91 Å². The molecule has 0 saturated carbocycles. The van der Waals surface area contributed by atoms with E-state index in [1.165, 1.54) is 32.1 Å². The molecule has 118 valence electrons. The van der Waals surface area contributed by atoms with Crippen LogP contribution in [-0.2, 0) is 4.79 Å². The van der Waals surface area contributed by atoms with Crippen molar-refractivity contribution in [3.05, 3.63) is 24.3 Å². The van der Waals surface area contributed by atoms with Crippen LogP contribution < -0.4 is 10.1 Å². The zero-order valence-electron chi connectivity index (χ0n) is 13.5. The van der Waals surface area contributed by atoms with Gasteiger partial charge in [-0.25, -0.2) is 0 Å². The van der Waals surface area contributed by atoms with Crippen LogP contribution in [0.25, 0.3) is 0 Å². The minimum atomic E-state index is 0.0794. The van der Waals surface area contributed by atoms with Gasteiger partial charge in [0.15, 0.2) is 0 Å². The van der Waals surface area contributed by atoms with Crippen LogP contribution in [0.3, 0.4) is 0 Å². The Balaban J connectivity index is 2.21. The molecule has 1 N–H and O–H groups in total. The largest absolute Gasteiger partial charge is 0.492 e. The second-order valence-electron chi connectivity index (χ2n) is 5.35. The van der Waals surface area contributed by atoms with Crippen LogP contribution in [0.15, 0.2) is 24.3 Å². The molecule has 0 heterocycles.